The second-order valence-corrected chi connectivity index (χ2v) is 10.2. The molecule has 5 aromatic rings. The first-order valence-corrected chi connectivity index (χ1v) is 12.5. The fourth-order valence-corrected chi connectivity index (χ4v) is 5.08. The van der Waals surface area contributed by atoms with Crippen molar-refractivity contribution in [3.63, 3.8) is 0 Å². The fourth-order valence-electron chi connectivity index (χ4n) is 4.37. The molecule has 0 bridgehead atoms. The minimum Gasteiger partial charge on any atom is -0.488 e. The number of halogens is 1. The lowest BCUT2D eigenvalue weighted by Crippen LogP contribution is -2.23. The van der Waals surface area contributed by atoms with Crippen LogP contribution in [0.2, 0.25) is 0 Å². The Labute approximate surface area is 215 Å². The molecule has 3 heterocycles. The number of imidazole rings is 1. The van der Waals surface area contributed by atoms with Crippen LogP contribution >= 0.6 is 11.3 Å². The number of benzene rings is 2. The molecule has 1 aliphatic rings. The number of hydrogen-bond donors (Lipinski definition) is 1. The van der Waals surface area contributed by atoms with Gasteiger partial charge in [-0.05, 0) is 31.2 Å². The summed E-state index contributed by atoms with van der Waals surface area (Å²) in [6.45, 7) is 2.22. The molecule has 3 aromatic heterocycles. The quantitative estimate of drug-likeness (QED) is 0.296. The molecule has 0 radical (unpaired) electrons. The second-order valence-electron chi connectivity index (χ2n) is 8.88. The predicted octanol–water partition coefficient (Wildman–Crippen LogP) is 5.70. The Morgan fingerprint density at radius 1 is 1.11 bits per heavy atom. The number of aromatic nitrogens is 4. The molecule has 0 aliphatic heterocycles. The normalized spacial score (nSPS) is 13.6. The number of ketones is 1. The molecule has 186 valence electrons. The van der Waals surface area contributed by atoms with Gasteiger partial charge >= 0.3 is 0 Å². The first-order valence-electron chi connectivity index (χ1n) is 11.7. The average Bonchev–Trinajstić information content (AvgIpc) is 3.45. The van der Waals surface area contributed by atoms with E-state index in [0.29, 0.717) is 53.7 Å². The van der Waals surface area contributed by atoms with Gasteiger partial charge in [-0.15, -0.1) is 11.3 Å². The summed E-state index contributed by atoms with van der Waals surface area (Å²) >= 11 is 1.53. The number of rotatable bonds is 7. The van der Waals surface area contributed by atoms with Gasteiger partial charge in [-0.2, -0.15) is 0 Å². The van der Waals surface area contributed by atoms with Gasteiger partial charge in [-0.3, -0.25) is 9.20 Å². The summed E-state index contributed by atoms with van der Waals surface area (Å²) in [5, 5.41) is 0.946. The summed E-state index contributed by atoms with van der Waals surface area (Å²) in [6.07, 6.45) is 6.16. The molecule has 0 saturated heterocycles. The number of aryl methyl sites for hydroxylation is 1. The summed E-state index contributed by atoms with van der Waals surface area (Å²) in [6, 6.07) is 11.6. The minimum absolute atomic E-state index is 0.0719. The number of nitrogen functional groups attached to an aromatic ring is 1. The number of fused-ring (bicyclic) bond motifs is 1. The van der Waals surface area contributed by atoms with Crippen LogP contribution in [0.1, 0.15) is 34.5 Å². The van der Waals surface area contributed by atoms with E-state index in [1.165, 1.54) is 23.5 Å². The first-order chi connectivity index (χ1) is 17.9. The zero-order valence-corrected chi connectivity index (χ0v) is 20.7. The Hall–Kier alpha value is -4.31. The van der Waals surface area contributed by atoms with Crippen molar-refractivity contribution in [2.75, 3.05) is 5.73 Å². The topological polar surface area (TPSA) is 105 Å². The number of carbonyl (C=O) groups is 1. The van der Waals surface area contributed by atoms with E-state index >= 15 is 0 Å². The van der Waals surface area contributed by atoms with E-state index in [-0.39, 0.29) is 11.7 Å². The van der Waals surface area contributed by atoms with Gasteiger partial charge in [-0.25, -0.2) is 19.3 Å². The molecular weight excluding hydrogens is 493 g/mol. The molecule has 1 saturated carbocycles. The van der Waals surface area contributed by atoms with E-state index in [2.05, 4.69) is 9.97 Å². The number of thiazole rings is 1. The van der Waals surface area contributed by atoms with E-state index in [1.54, 1.807) is 30.6 Å². The number of anilines is 1. The second kappa shape index (κ2) is 9.29. The van der Waals surface area contributed by atoms with Gasteiger partial charge in [0, 0.05) is 61.1 Å². The Kier molecular flexibility index (Phi) is 5.80. The van der Waals surface area contributed by atoms with Crippen molar-refractivity contribution < 1.29 is 18.7 Å². The third-order valence-electron chi connectivity index (χ3n) is 6.18. The molecular formula is C27H22FN5O3S. The maximum absolute atomic E-state index is 14.2. The van der Waals surface area contributed by atoms with Gasteiger partial charge in [0.15, 0.2) is 0 Å². The highest BCUT2D eigenvalue weighted by atomic mass is 32.1. The Bertz CT molecular complexity index is 1620. The number of nitrogens with two attached hydrogens (primary N) is 1. The summed E-state index contributed by atoms with van der Waals surface area (Å²) < 4.78 is 27.8. The van der Waals surface area contributed by atoms with Gasteiger partial charge in [0.1, 0.15) is 58.3 Å². The molecule has 1 aliphatic carbocycles. The van der Waals surface area contributed by atoms with E-state index in [0.717, 1.165) is 21.3 Å². The number of ether oxygens (including phenoxy) is 2. The van der Waals surface area contributed by atoms with E-state index in [9.17, 15) is 9.18 Å². The summed E-state index contributed by atoms with van der Waals surface area (Å²) in [5.74, 6) is 2.23. The number of nitrogens with zero attached hydrogens (tertiary/aromatic N) is 4. The van der Waals surface area contributed by atoms with Gasteiger partial charge in [0.25, 0.3) is 0 Å². The van der Waals surface area contributed by atoms with E-state index < -0.39 is 5.82 Å². The van der Waals surface area contributed by atoms with Gasteiger partial charge < -0.3 is 15.2 Å². The number of hydrogen-bond acceptors (Lipinski definition) is 8. The van der Waals surface area contributed by atoms with Crippen LogP contribution in [0.15, 0.2) is 61.1 Å². The zero-order chi connectivity index (χ0) is 25.5. The lowest BCUT2D eigenvalue weighted by molar-refractivity contribution is -0.124. The van der Waals surface area contributed by atoms with Crippen molar-refractivity contribution in [2.24, 2.45) is 0 Å². The maximum Gasteiger partial charge on any atom is 0.150 e. The molecule has 2 N–H and O–H groups in total. The van der Waals surface area contributed by atoms with E-state index in [4.69, 9.17) is 20.2 Å². The monoisotopic (exact) mass is 515 g/mol. The van der Waals surface area contributed by atoms with Crippen molar-refractivity contribution in [3.8, 4) is 28.5 Å². The summed E-state index contributed by atoms with van der Waals surface area (Å²) in [4.78, 5) is 25.8. The molecule has 10 heteroatoms. The van der Waals surface area contributed by atoms with Crippen LogP contribution in [0.5, 0.6) is 17.2 Å². The maximum atomic E-state index is 14.2. The van der Waals surface area contributed by atoms with Crippen LogP contribution < -0.4 is 15.2 Å². The Balaban J connectivity index is 1.23. The highest BCUT2D eigenvalue weighted by Crippen LogP contribution is 2.38. The standard InChI is InChI=1S/C27H22FN5O3S/c1-15-31-13-23(37-15)14-35-21-10-18(28)11-22(12-21)36-20-4-2-16(3-5-20)24-25-26(29)30-6-7-33(25)27(32-24)17-8-19(34)9-17/h2-7,10-13,17H,8-9,14H2,1H3,(H2,29,30). The van der Waals surface area contributed by atoms with Crippen molar-refractivity contribution >= 4 is 28.5 Å². The smallest absolute Gasteiger partial charge is 0.150 e. The SMILES string of the molecule is Cc1ncc(COc2cc(F)cc(Oc3ccc(-c4nc(C5CC(=O)C5)n5ccnc(N)c45)cc3)c2)s1. The Morgan fingerprint density at radius 2 is 1.89 bits per heavy atom. The fraction of sp³-hybridized carbons (Fsp3) is 0.185. The van der Waals surface area contributed by atoms with Gasteiger partial charge in [0.2, 0.25) is 0 Å². The highest BCUT2D eigenvalue weighted by molar-refractivity contribution is 7.11. The first kappa shape index (κ1) is 23.1. The van der Waals surface area contributed by atoms with Crippen molar-refractivity contribution in [2.45, 2.75) is 32.3 Å². The van der Waals surface area contributed by atoms with Crippen LogP contribution in [-0.4, -0.2) is 25.1 Å². The molecule has 6 rings (SSSR count). The lowest BCUT2D eigenvalue weighted by Gasteiger charge is -2.22. The predicted molar refractivity (Wildman–Crippen MR) is 137 cm³/mol. The molecule has 1 fully saturated rings. The van der Waals surface area contributed by atoms with E-state index in [1.807, 2.05) is 29.7 Å². The van der Waals surface area contributed by atoms with Crippen LogP contribution in [0.4, 0.5) is 10.2 Å². The van der Waals surface area contributed by atoms with Crippen LogP contribution in [-0.2, 0) is 11.4 Å². The molecule has 0 unspecified atom stereocenters. The van der Waals surface area contributed by atoms with Gasteiger partial charge in [-0.1, -0.05) is 0 Å². The van der Waals surface area contributed by atoms with Crippen molar-refractivity contribution in [1.82, 2.24) is 19.4 Å². The summed E-state index contributed by atoms with van der Waals surface area (Å²) in [5.41, 5.74) is 8.42. The molecule has 8 nitrogen and oxygen atoms in total. The van der Waals surface area contributed by atoms with Crippen molar-refractivity contribution in [3.05, 3.63) is 82.6 Å². The zero-order valence-electron chi connectivity index (χ0n) is 19.8. The molecule has 37 heavy (non-hydrogen) atoms. The Morgan fingerprint density at radius 3 is 2.62 bits per heavy atom. The molecule has 0 atom stereocenters. The summed E-state index contributed by atoms with van der Waals surface area (Å²) in [7, 11) is 0. The molecule has 0 spiro atoms. The highest BCUT2D eigenvalue weighted by Gasteiger charge is 2.32. The third-order valence-corrected chi connectivity index (χ3v) is 7.07. The third kappa shape index (κ3) is 4.63. The molecule has 0 amide bonds. The minimum atomic E-state index is -0.459. The number of carbonyl (C=O) groups excluding carboxylic acids is 1. The largest absolute Gasteiger partial charge is 0.488 e. The lowest BCUT2D eigenvalue weighted by atomic mass is 9.83. The van der Waals surface area contributed by atoms with Crippen LogP contribution in [0.3, 0.4) is 0 Å². The molecule has 2 aromatic carbocycles. The van der Waals surface area contributed by atoms with Crippen LogP contribution in [0.25, 0.3) is 16.8 Å². The average molecular weight is 516 g/mol. The number of Topliss-reactive ketones (excluding diaryl/α,β-unsaturated/α-hetero) is 1. The van der Waals surface area contributed by atoms with Crippen molar-refractivity contribution in [1.29, 1.82) is 0 Å². The van der Waals surface area contributed by atoms with Crippen LogP contribution in [0, 0.1) is 12.7 Å². The van der Waals surface area contributed by atoms with Gasteiger partial charge in [0.05, 0.1) is 9.88 Å².